The summed E-state index contributed by atoms with van der Waals surface area (Å²) in [6.45, 7) is 0.564. The van der Waals surface area contributed by atoms with Gasteiger partial charge in [0.05, 0.1) is 4.92 Å². The van der Waals surface area contributed by atoms with Crippen LogP contribution in [0.3, 0.4) is 0 Å². The Morgan fingerprint density at radius 3 is 2.63 bits per heavy atom. The average Bonchev–Trinajstić information content (AvgIpc) is 2.39. The number of nitro benzene ring substituents is 1. The Balaban J connectivity index is 2.04. The number of nitro groups is 1. The van der Waals surface area contributed by atoms with Crippen LogP contribution in [0.1, 0.15) is 18.4 Å². The fourth-order valence-electron chi connectivity index (χ4n) is 2.44. The zero-order valence-electron chi connectivity index (χ0n) is 10.9. The van der Waals surface area contributed by atoms with E-state index in [0.717, 1.165) is 29.9 Å². The Kier molecular flexibility index (Phi) is 4.66. The lowest BCUT2D eigenvalue weighted by molar-refractivity contribution is -0.385. The van der Waals surface area contributed by atoms with Gasteiger partial charge in [-0.3, -0.25) is 19.2 Å². The van der Waals surface area contributed by atoms with Gasteiger partial charge >= 0.3 is 0 Å². The Bertz CT molecular complexity index is 483. The molecule has 1 saturated heterocycles. The topological polar surface area (TPSA) is 63.4 Å². The molecule has 0 aliphatic carbocycles. The van der Waals surface area contributed by atoms with E-state index >= 15 is 0 Å². The lowest BCUT2D eigenvalue weighted by Gasteiger charge is -2.30. The maximum Gasteiger partial charge on any atom is 0.273 e. The van der Waals surface area contributed by atoms with Gasteiger partial charge < -0.3 is 0 Å². The molecule has 2 rings (SSSR count). The molecule has 104 valence electrons. The van der Waals surface area contributed by atoms with Gasteiger partial charge in [0.15, 0.2) is 0 Å². The van der Waals surface area contributed by atoms with E-state index in [1.165, 1.54) is 0 Å². The van der Waals surface area contributed by atoms with Crippen LogP contribution in [0.25, 0.3) is 0 Å². The highest BCUT2D eigenvalue weighted by molar-refractivity contribution is 7.85. The van der Waals surface area contributed by atoms with Crippen LogP contribution in [-0.2, 0) is 17.3 Å². The zero-order valence-corrected chi connectivity index (χ0v) is 11.8. The molecule has 1 fully saturated rings. The van der Waals surface area contributed by atoms with Crippen molar-refractivity contribution >= 4 is 16.5 Å². The molecule has 0 atom stereocenters. The van der Waals surface area contributed by atoms with Crippen molar-refractivity contribution in [3.05, 3.63) is 39.9 Å². The summed E-state index contributed by atoms with van der Waals surface area (Å²) in [6, 6.07) is 7.23. The Morgan fingerprint density at radius 1 is 1.37 bits per heavy atom. The van der Waals surface area contributed by atoms with E-state index in [-0.39, 0.29) is 10.6 Å². The van der Waals surface area contributed by atoms with E-state index in [4.69, 9.17) is 0 Å². The van der Waals surface area contributed by atoms with Gasteiger partial charge in [0.1, 0.15) is 0 Å². The number of hydrogen-bond donors (Lipinski definition) is 0. The van der Waals surface area contributed by atoms with Crippen molar-refractivity contribution in [1.29, 1.82) is 0 Å². The van der Waals surface area contributed by atoms with Gasteiger partial charge in [0.25, 0.3) is 5.69 Å². The van der Waals surface area contributed by atoms with Crippen LogP contribution in [0, 0.1) is 10.1 Å². The Morgan fingerprint density at radius 2 is 2.00 bits per heavy atom. The van der Waals surface area contributed by atoms with Crippen molar-refractivity contribution in [2.45, 2.75) is 25.4 Å². The Labute approximate surface area is 115 Å². The van der Waals surface area contributed by atoms with Gasteiger partial charge in [-0.15, -0.1) is 0 Å². The number of rotatable bonds is 4. The van der Waals surface area contributed by atoms with Crippen LogP contribution in [0.5, 0.6) is 0 Å². The maximum absolute atomic E-state index is 11.3. The van der Waals surface area contributed by atoms with Gasteiger partial charge in [0.2, 0.25) is 0 Å². The molecular weight excluding hydrogens is 264 g/mol. The summed E-state index contributed by atoms with van der Waals surface area (Å²) in [5.74, 6) is 1.48. The largest absolute Gasteiger partial charge is 0.299 e. The minimum Gasteiger partial charge on any atom is -0.299 e. The van der Waals surface area contributed by atoms with Crippen molar-refractivity contribution in [2.24, 2.45) is 0 Å². The first kappa shape index (κ1) is 14.1. The molecule has 5 nitrogen and oxygen atoms in total. The number of para-hydroxylation sites is 1. The van der Waals surface area contributed by atoms with Gasteiger partial charge in [-0.05, 0) is 19.9 Å². The fourth-order valence-corrected chi connectivity index (χ4v) is 3.72. The van der Waals surface area contributed by atoms with E-state index in [0.29, 0.717) is 12.6 Å². The van der Waals surface area contributed by atoms with Crippen LogP contribution < -0.4 is 0 Å². The molecule has 1 aromatic carbocycles. The van der Waals surface area contributed by atoms with Crippen molar-refractivity contribution in [3.8, 4) is 0 Å². The summed E-state index contributed by atoms with van der Waals surface area (Å²) in [4.78, 5) is 12.8. The molecule has 1 heterocycles. The maximum atomic E-state index is 11.3. The molecule has 1 aliphatic heterocycles. The van der Waals surface area contributed by atoms with E-state index in [2.05, 4.69) is 4.90 Å². The molecule has 1 aliphatic rings. The van der Waals surface area contributed by atoms with Crippen molar-refractivity contribution in [2.75, 3.05) is 18.6 Å². The number of hydrogen-bond acceptors (Lipinski definition) is 4. The second-order valence-corrected chi connectivity index (χ2v) is 6.58. The smallest absolute Gasteiger partial charge is 0.273 e. The SMILES string of the molecule is CN(Cc1ccccc1[N+](=O)[O-])C1CCS(=O)CC1. The van der Waals surface area contributed by atoms with Crippen molar-refractivity contribution < 1.29 is 9.13 Å². The molecule has 19 heavy (non-hydrogen) atoms. The molecule has 0 aromatic heterocycles. The summed E-state index contributed by atoms with van der Waals surface area (Å²) < 4.78 is 11.3. The van der Waals surface area contributed by atoms with Crippen LogP contribution in [0.4, 0.5) is 5.69 Å². The quantitative estimate of drug-likeness (QED) is 0.625. The first-order valence-corrected chi connectivity index (χ1v) is 7.84. The lowest BCUT2D eigenvalue weighted by atomic mass is 10.1. The molecule has 0 amide bonds. The van der Waals surface area contributed by atoms with Gasteiger partial charge in [-0.2, -0.15) is 0 Å². The molecule has 0 bridgehead atoms. The van der Waals surface area contributed by atoms with Crippen LogP contribution >= 0.6 is 0 Å². The summed E-state index contributed by atoms with van der Waals surface area (Å²) in [6.07, 6.45) is 1.81. The van der Waals surface area contributed by atoms with Crippen LogP contribution in [-0.4, -0.2) is 38.6 Å². The molecule has 0 radical (unpaired) electrons. The highest BCUT2D eigenvalue weighted by Crippen LogP contribution is 2.22. The number of nitrogens with zero attached hydrogens (tertiary/aromatic N) is 2. The highest BCUT2D eigenvalue weighted by Gasteiger charge is 2.23. The standard InChI is InChI=1S/C13H18N2O3S/c1-14(12-6-8-19(18)9-7-12)10-11-4-2-3-5-13(11)15(16)17/h2-5,12H,6-10H2,1H3. The molecule has 0 spiro atoms. The molecule has 0 unspecified atom stereocenters. The zero-order chi connectivity index (χ0) is 13.8. The normalized spacial score (nSPS) is 23.5. The second-order valence-electron chi connectivity index (χ2n) is 4.88. The molecule has 6 heteroatoms. The van der Waals surface area contributed by atoms with Gasteiger partial charge in [-0.25, -0.2) is 0 Å². The van der Waals surface area contributed by atoms with E-state index < -0.39 is 10.8 Å². The fraction of sp³-hybridized carbons (Fsp3) is 0.538. The van der Waals surface area contributed by atoms with E-state index in [9.17, 15) is 14.3 Å². The summed E-state index contributed by atoms with van der Waals surface area (Å²) >= 11 is 0. The lowest BCUT2D eigenvalue weighted by Crippen LogP contribution is -2.37. The summed E-state index contributed by atoms with van der Waals surface area (Å²) in [5, 5.41) is 11.0. The summed E-state index contributed by atoms with van der Waals surface area (Å²) in [7, 11) is 1.31. The minimum atomic E-state index is -0.671. The molecule has 0 N–H and O–H groups in total. The average molecular weight is 282 g/mol. The van der Waals surface area contributed by atoms with Gasteiger partial charge in [-0.1, -0.05) is 18.2 Å². The van der Waals surface area contributed by atoms with Crippen LogP contribution in [0.15, 0.2) is 24.3 Å². The van der Waals surface area contributed by atoms with Gasteiger partial charge in [0, 0.05) is 46.5 Å². The van der Waals surface area contributed by atoms with E-state index in [1.807, 2.05) is 13.1 Å². The first-order chi connectivity index (χ1) is 9.08. The molecule has 1 aromatic rings. The van der Waals surface area contributed by atoms with Crippen LogP contribution in [0.2, 0.25) is 0 Å². The monoisotopic (exact) mass is 282 g/mol. The molecular formula is C13H18N2O3S. The first-order valence-electron chi connectivity index (χ1n) is 6.35. The third-order valence-corrected chi connectivity index (χ3v) is 4.97. The number of benzene rings is 1. The van der Waals surface area contributed by atoms with Crippen molar-refractivity contribution in [1.82, 2.24) is 4.90 Å². The predicted octanol–water partition coefficient (Wildman–Crippen LogP) is 1.94. The third-order valence-electron chi connectivity index (χ3n) is 3.59. The summed E-state index contributed by atoms with van der Waals surface area (Å²) in [5.41, 5.74) is 0.912. The second kappa shape index (κ2) is 6.25. The third kappa shape index (κ3) is 3.61. The predicted molar refractivity (Wildman–Crippen MR) is 75.5 cm³/mol. The highest BCUT2D eigenvalue weighted by atomic mass is 32.2. The molecule has 0 saturated carbocycles. The van der Waals surface area contributed by atoms with Crippen molar-refractivity contribution in [3.63, 3.8) is 0 Å². The minimum absolute atomic E-state index is 0.175. The Hall–Kier alpha value is -1.27. The van der Waals surface area contributed by atoms with E-state index in [1.54, 1.807) is 18.2 Å².